The summed E-state index contributed by atoms with van der Waals surface area (Å²) in [4.78, 5) is 14.0. The highest BCUT2D eigenvalue weighted by Gasteiger charge is 2.35. The lowest BCUT2D eigenvalue weighted by molar-refractivity contribution is -0.139. The zero-order chi connectivity index (χ0) is 16.3. The van der Waals surface area contributed by atoms with Gasteiger partial charge in [0.2, 0.25) is 5.91 Å². The van der Waals surface area contributed by atoms with E-state index in [-0.39, 0.29) is 17.9 Å². The maximum Gasteiger partial charge on any atom is 0.416 e. The van der Waals surface area contributed by atoms with E-state index in [1.807, 2.05) is 0 Å². The van der Waals surface area contributed by atoms with Gasteiger partial charge in [0, 0.05) is 19.5 Å². The van der Waals surface area contributed by atoms with E-state index >= 15 is 0 Å². The number of carbonyl (C=O) groups is 1. The normalized spacial score (nSPS) is 20.2. The number of nitrogens with two attached hydrogens (primary N) is 1. The van der Waals surface area contributed by atoms with Crippen molar-refractivity contribution in [1.29, 1.82) is 0 Å². The van der Waals surface area contributed by atoms with Crippen LogP contribution in [-0.2, 0) is 11.0 Å². The van der Waals surface area contributed by atoms with Gasteiger partial charge in [-0.1, -0.05) is 25.1 Å². The number of amides is 1. The molecule has 0 radical (unpaired) electrons. The minimum absolute atomic E-state index is 0.0877. The molecular weight excluding hydrogens is 293 g/mol. The largest absolute Gasteiger partial charge is 0.416 e. The van der Waals surface area contributed by atoms with Crippen molar-refractivity contribution in [3.05, 3.63) is 35.4 Å². The van der Waals surface area contributed by atoms with Crippen molar-refractivity contribution in [3.63, 3.8) is 0 Å². The van der Waals surface area contributed by atoms with Crippen LogP contribution in [0.2, 0.25) is 0 Å². The number of rotatable bonds is 4. The first-order valence-corrected chi connectivity index (χ1v) is 7.47. The number of hydrogen-bond donors (Lipinski definition) is 1. The van der Waals surface area contributed by atoms with Gasteiger partial charge < -0.3 is 10.6 Å². The topological polar surface area (TPSA) is 46.3 Å². The average Bonchev–Trinajstić information content (AvgIpc) is 2.95. The highest BCUT2D eigenvalue weighted by Crippen LogP contribution is 2.36. The third-order valence-electron chi connectivity index (χ3n) is 4.25. The molecule has 1 aliphatic heterocycles. The predicted octanol–water partition coefficient (Wildman–Crippen LogP) is 3.01. The smallest absolute Gasteiger partial charge is 0.342 e. The number of halogens is 3. The van der Waals surface area contributed by atoms with E-state index in [4.69, 9.17) is 5.73 Å². The molecule has 0 spiro atoms. The summed E-state index contributed by atoms with van der Waals surface area (Å²) in [6.07, 6.45) is -3.44. The minimum Gasteiger partial charge on any atom is -0.342 e. The Labute approximate surface area is 128 Å². The third-order valence-corrected chi connectivity index (χ3v) is 4.25. The van der Waals surface area contributed by atoms with Gasteiger partial charge in [-0.15, -0.1) is 0 Å². The molecule has 1 aromatic carbocycles. The zero-order valence-corrected chi connectivity index (χ0v) is 12.6. The van der Waals surface area contributed by atoms with Crippen LogP contribution in [0.15, 0.2) is 24.3 Å². The maximum absolute atomic E-state index is 13.0. The molecule has 0 aliphatic carbocycles. The van der Waals surface area contributed by atoms with E-state index in [0.29, 0.717) is 25.6 Å². The first kappa shape index (κ1) is 16.8. The fourth-order valence-electron chi connectivity index (χ4n) is 2.94. The summed E-state index contributed by atoms with van der Waals surface area (Å²) in [6.45, 7) is 3.46. The summed E-state index contributed by atoms with van der Waals surface area (Å²) in [5, 5.41) is 0. The van der Waals surface area contributed by atoms with E-state index in [0.717, 1.165) is 12.5 Å². The van der Waals surface area contributed by atoms with E-state index in [1.54, 1.807) is 17.9 Å². The molecule has 0 saturated carbocycles. The number of likely N-dealkylation sites (tertiary alicyclic amines) is 1. The van der Waals surface area contributed by atoms with Gasteiger partial charge >= 0.3 is 6.18 Å². The average molecular weight is 314 g/mol. The van der Waals surface area contributed by atoms with Crippen LogP contribution in [0, 0.1) is 5.92 Å². The summed E-state index contributed by atoms with van der Waals surface area (Å²) in [6, 6.07) is 5.46. The number of hydrogen-bond acceptors (Lipinski definition) is 2. The molecule has 2 N–H and O–H groups in total. The Morgan fingerprint density at radius 3 is 2.68 bits per heavy atom. The standard InChI is InChI=1S/C16H21F3N2O/c1-11(8-15(22)21-7-6-12(9-20)10-21)13-4-2-3-5-14(13)16(17,18)19/h2-5,11-12H,6-10,20H2,1H3/t11-,12+/m1/s1. The van der Waals surface area contributed by atoms with Crippen molar-refractivity contribution < 1.29 is 18.0 Å². The molecule has 1 aliphatic rings. The Morgan fingerprint density at radius 2 is 2.09 bits per heavy atom. The molecule has 1 saturated heterocycles. The van der Waals surface area contributed by atoms with E-state index in [1.165, 1.54) is 12.1 Å². The van der Waals surface area contributed by atoms with Crippen LogP contribution < -0.4 is 5.73 Å². The predicted molar refractivity (Wildman–Crippen MR) is 78.2 cm³/mol. The summed E-state index contributed by atoms with van der Waals surface area (Å²) >= 11 is 0. The molecule has 1 aromatic rings. The van der Waals surface area contributed by atoms with Crippen molar-refractivity contribution in [3.8, 4) is 0 Å². The van der Waals surface area contributed by atoms with Gasteiger partial charge in [0.15, 0.2) is 0 Å². The number of alkyl halides is 3. The van der Waals surface area contributed by atoms with E-state index in [9.17, 15) is 18.0 Å². The molecule has 122 valence electrons. The van der Waals surface area contributed by atoms with Gasteiger partial charge in [0.25, 0.3) is 0 Å². The highest BCUT2D eigenvalue weighted by atomic mass is 19.4. The van der Waals surface area contributed by atoms with Gasteiger partial charge in [-0.3, -0.25) is 4.79 Å². The molecule has 1 amide bonds. The lowest BCUT2D eigenvalue weighted by atomic mass is 9.92. The van der Waals surface area contributed by atoms with Crippen LogP contribution in [0.1, 0.15) is 36.8 Å². The minimum atomic E-state index is -4.40. The van der Waals surface area contributed by atoms with Crippen LogP contribution in [0.5, 0.6) is 0 Å². The fourth-order valence-corrected chi connectivity index (χ4v) is 2.94. The first-order valence-electron chi connectivity index (χ1n) is 7.47. The molecule has 0 bridgehead atoms. The Kier molecular flexibility index (Phi) is 5.11. The van der Waals surface area contributed by atoms with Crippen LogP contribution in [0.3, 0.4) is 0 Å². The second-order valence-corrected chi connectivity index (χ2v) is 5.92. The first-order chi connectivity index (χ1) is 10.3. The molecule has 0 aromatic heterocycles. The van der Waals surface area contributed by atoms with Crippen molar-refractivity contribution in [1.82, 2.24) is 4.90 Å². The summed E-state index contributed by atoms with van der Waals surface area (Å²) in [5.41, 5.74) is 5.12. The van der Waals surface area contributed by atoms with E-state index in [2.05, 4.69) is 0 Å². The molecule has 1 heterocycles. The molecule has 3 nitrogen and oxygen atoms in total. The lowest BCUT2D eigenvalue weighted by Crippen LogP contribution is -2.30. The Hall–Kier alpha value is -1.56. The van der Waals surface area contributed by atoms with Crippen molar-refractivity contribution in [2.75, 3.05) is 19.6 Å². The van der Waals surface area contributed by atoms with Crippen molar-refractivity contribution in [2.45, 2.75) is 31.9 Å². The van der Waals surface area contributed by atoms with Crippen molar-refractivity contribution in [2.24, 2.45) is 11.7 Å². The van der Waals surface area contributed by atoms with Gasteiger partial charge in [0.1, 0.15) is 0 Å². The van der Waals surface area contributed by atoms with Crippen molar-refractivity contribution >= 4 is 5.91 Å². The van der Waals surface area contributed by atoms with E-state index < -0.39 is 17.7 Å². The highest BCUT2D eigenvalue weighted by molar-refractivity contribution is 5.77. The maximum atomic E-state index is 13.0. The van der Waals surface area contributed by atoms with Gasteiger partial charge in [0.05, 0.1) is 5.56 Å². The van der Waals surface area contributed by atoms with Crippen LogP contribution in [0.4, 0.5) is 13.2 Å². The molecule has 2 rings (SSSR count). The van der Waals surface area contributed by atoms with Gasteiger partial charge in [-0.05, 0) is 36.4 Å². The fraction of sp³-hybridized carbons (Fsp3) is 0.562. The molecule has 0 unspecified atom stereocenters. The monoisotopic (exact) mass is 314 g/mol. The van der Waals surface area contributed by atoms with Crippen LogP contribution in [-0.4, -0.2) is 30.4 Å². The Balaban J connectivity index is 2.07. The van der Waals surface area contributed by atoms with Crippen LogP contribution >= 0.6 is 0 Å². The molecule has 22 heavy (non-hydrogen) atoms. The molecular formula is C16H21F3N2O. The van der Waals surface area contributed by atoms with Gasteiger partial charge in [-0.25, -0.2) is 0 Å². The summed E-state index contributed by atoms with van der Waals surface area (Å²) in [5.74, 6) is -0.260. The lowest BCUT2D eigenvalue weighted by Gasteiger charge is -2.21. The molecule has 6 heteroatoms. The molecule has 1 fully saturated rings. The second-order valence-electron chi connectivity index (χ2n) is 5.92. The van der Waals surface area contributed by atoms with Gasteiger partial charge in [-0.2, -0.15) is 13.2 Å². The third kappa shape index (κ3) is 3.80. The Morgan fingerprint density at radius 1 is 1.41 bits per heavy atom. The summed E-state index contributed by atoms with van der Waals surface area (Å²) < 4.78 is 39.1. The Bertz CT molecular complexity index is 530. The number of carbonyl (C=O) groups excluding carboxylic acids is 1. The number of benzene rings is 1. The summed E-state index contributed by atoms with van der Waals surface area (Å²) in [7, 11) is 0. The quantitative estimate of drug-likeness (QED) is 0.928. The second kappa shape index (κ2) is 6.69. The number of nitrogens with zero attached hydrogens (tertiary/aromatic N) is 1. The SMILES string of the molecule is C[C@H](CC(=O)N1CC[C@@H](CN)C1)c1ccccc1C(F)(F)F. The zero-order valence-electron chi connectivity index (χ0n) is 12.6. The molecule has 2 atom stereocenters. The van der Waals surface area contributed by atoms with Crippen LogP contribution in [0.25, 0.3) is 0 Å².